The van der Waals surface area contributed by atoms with Crippen LogP contribution in [-0.4, -0.2) is 49.2 Å². The van der Waals surface area contributed by atoms with Crippen LogP contribution in [0.25, 0.3) is 0 Å². The van der Waals surface area contributed by atoms with Crippen LogP contribution >= 0.6 is 11.3 Å². The molecule has 1 unspecified atom stereocenters. The number of nitrogens with two attached hydrogens (primary N) is 1. The molecule has 2 N–H and O–H groups in total. The molecule has 1 saturated heterocycles. The standard InChI is InChI=1S/C17H24N2O4S/c1-2-22-17(21)13-12-7-5-8-19(10-11-6-3-4-9-23-11)16(20)14(12)24-15(13)18/h11H,2-10,18H2,1H3. The lowest BCUT2D eigenvalue weighted by atomic mass is 10.1. The summed E-state index contributed by atoms with van der Waals surface area (Å²) in [6.07, 6.45) is 4.85. The topological polar surface area (TPSA) is 81.9 Å². The van der Waals surface area contributed by atoms with Gasteiger partial charge in [0.2, 0.25) is 0 Å². The zero-order valence-corrected chi connectivity index (χ0v) is 14.8. The first kappa shape index (κ1) is 17.2. The van der Waals surface area contributed by atoms with Crippen molar-refractivity contribution in [1.82, 2.24) is 4.90 Å². The number of esters is 1. The fourth-order valence-corrected chi connectivity index (χ4v) is 4.46. The van der Waals surface area contributed by atoms with Gasteiger partial charge in [0.1, 0.15) is 5.00 Å². The van der Waals surface area contributed by atoms with E-state index in [1.54, 1.807) is 6.92 Å². The number of nitrogens with zero attached hydrogens (tertiary/aromatic N) is 1. The van der Waals surface area contributed by atoms with Crippen LogP contribution in [0.1, 0.15) is 58.2 Å². The van der Waals surface area contributed by atoms with Crippen LogP contribution in [0.4, 0.5) is 5.00 Å². The molecule has 6 nitrogen and oxygen atoms in total. The first-order valence-electron chi connectivity index (χ1n) is 8.61. The van der Waals surface area contributed by atoms with Crippen molar-refractivity contribution in [3.05, 3.63) is 16.0 Å². The second kappa shape index (κ2) is 7.53. The molecule has 1 aromatic heterocycles. The molecule has 0 spiro atoms. The Bertz CT molecular complexity index is 622. The van der Waals surface area contributed by atoms with Gasteiger partial charge in [0, 0.05) is 19.7 Å². The summed E-state index contributed by atoms with van der Waals surface area (Å²) < 4.78 is 10.9. The van der Waals surface area contributed by atoms with E-state index in [1.165, 1.54) is 11.3 Å². The van der Waals surface area contributed by atoms with E-state index in [9.17, 15) is 9.59 Å². The van der Waals surface area contributed by atoms with Crippen LogP contribution < -0.4 is 5.73 Å². The summed E-state index contributed by atoms with van der Waals surface area (Å²) in [5.41, 5.74) is 7.16. The van der Waals surface area contributed by atoms with E-state index >= 15 is 0 Å². The maximum atomic E-state index is 12.9. The molecule has 132 valence electrons. The predicted molar refractivity (Wildman–Crippen MR) is 92.5 cm³/mol. The molecule has 0 aliphatic carbocycles. The average Bonchev–Trinajstić information content (AvgIpc) is 2.83. The number of carbonyl (C=O) groups is 2. The number of rotatable bonds is 4. The molecule has 2 aliphatic rings. The van der Waals surface area contributed by atoms with Crippen LogP contribution in [0, 0.1) is 0 Å². The molecule has 0 radical (unpaired) electrons. The Morgan fingerprint density at radius 1 is 1.42 bits per heavy atom. The van der Waals surface area contributed by atoms with E-state index in [0.717, 1.165) is 37.9 Å². The lowest BCUT2D eigenvalue weighted by Gasteiger charge is -2.29. The lowest BCUT2D eigenvalue weighted by Crippen LogP contribution is -2.39. The Balaban J connectivity index is 1.82. The van der Waals surface area contributed by atoms with Crippen molar-refractivity contribution >= 4 is 28.2 Å². The molecule has 1 aromatic rings. The molecule has 3 rings (SSSR count). The van der Waals surface area contributed by atoms with Crippen LogP contribution in [0.2, 0.25) is 0 Å². The second-order valence-electron chi connectivity index (χ2n) is 6.21. The number of carbonyl (C=O) groups excluding carboxylic acids is 2. The molecule has 3 heterocycles. The summed E-state index contributed by atoms with van der Waals surface area (Å²) in [6.45, 7) is 4.13. The third kappa shape index (κ3) is 3.42. The Morgan fingerprint density at radius 2 is 2.25 bits per heavy atom. The molecular formula is C17H24N2O4S. The molecule has 0 bridgehead atoms. The molecule has 0 aromatic carbocycles. The van der Waals surface area contributed by atoms with Gasteiger partial charge in [0.25, 0.3) is 5.91 Å². The molecular weight excluding hydrogens is 328 g/mol. The van der Waals surface area contributed by atoms with E-state index in [4.69, 9.17) is 15.2 Å². The van der Waals surface area contributed by atoms with Crippen molar-refractivity contribution in [2.75, 3.05) is 32.0 Å². The highest BCUT2D eigenvalue weighted by Gasteiger charge is 2.32. The molecule has 7 heteroatoms. The quantitative estimate of drug-likeness (QED) is 0.842. The summed E-state index contributed by atoms with van der Waals surface area (Å²) in [7, 11) is 0. The number of fused-ring (bicyclic) bond motifs is 1. The summed E-state index contributed by atoms with van der Waals surface area (Å²) in [5.74, 6) is -0.465. The Hall–Kier alpha value is -1.60. The second-order valence-corrected chi connectivity index (χ2v) is 7.26. The lowest BCUT2D eigenvalue weighted by molar-refractivity contribution is -0.00358. The number of nitrogen functional groups attached to an aromatic ring is 1. The van der Waals surface area contributed by atoms with E-state index in [-0.39, 0.29) is 12.0 Å². The number of amides is 1. The maximum absolute atomic E-state index is 12.9. The van der Waals surface area contributed by atoms with Gasteiger partial charge in [-0.15, -0.1) is 11.3 Å². The van der Waals surface area contributed by atoms with Crippen LogP contribution in [0.3, 0.4) is 0 Å². The van der Waals surface area contributed by atoms with Crippen LogP contribution in [0.5, 0.6) is 0 Å². The average molecular weight is 352 g/mol. The largest absolute Gasteiger partial charge is 0.462 e. The first-order valence-corrected chi connectivity index (χ1v) is 9.42. The highest BCUT2D eigenvalue weighted by atomic mass is 32.1. The maximum Gasteiger partial charge on any atom is 0.341 e. The van der Waals surface area contributed by atoms with Crippen molar-refractivity contribution in [3.63, 3.8) is 0 Å². The van der Waals surface area contributed by atoms with Gasteiger partial charge < -0.3 is 20.1 Å². The van der Waals surface area contributed by atoms with Gasteiger partial charge in [-0.05, 0) is 44.6 Å². The molecule has 1 amide bonds. The van der Waals surface area contributed by atoms with E-state index in [2.05, 4.69) is 0 Å². The molecule has 1 atom stereocenters. The van der Waals surface area contributed by atoms with Gasteiger partial charge in [-0.3, -0.25) is 4.79 Å². The summed E-state index contributed by atoms with van der Waals surface area (Å²) in [4.78, 5) is 27.5. The third-order valence-corrected chi connectivity index (χ3v) is 5.60. The van der Waals surface area contributed by atoms with Crippen molar-refractivity contribution in [2.45, 2.75) is 45.1 Å². The Labute approximate surface area is 145 Å². The van der Waals surface area contributed by atoms with Crippen molar-refractivity contribution < 1.29 is 19.1 Å². The Kier molecular flexibility index (Phi) is 5.40. The predicted octanol–water partition coefficient (Wildman–Crippen LogP) is 2.46. The zero-order valence-electron chi connectivity index (χ0n) is 14.0. The summed E-state index contributed by atoms with van der Waals surface area (Å²) in [5, 5.41) is 0.377. The molecule has 1 fully saturated rings. The molecule has 24 heavy (non-hydrogen) atoms. The Morgan fingerprint density at radius 3 is 2.96 bits per heavy atom. The monoisotopic (exact) mass is 352 g/mol. The van der Waals surface area contributed by atoms with Crippen LogP contribution in [-0.2, 0) is 15.9 Å². The minimum absolute atomic E-state index is 0.0380. The number of thiophene rings is 1. The number of anilines is 1. The normalized spacial score (nSPS) is 21.3. The van der Waals surface area contributed by atoms with E-state index in [0.29, 0.717) is 41.6 Å². The van der Waals surface area contributed by atoms with Gasteiger partial charge in [-0.2, -0.15) is 0 Å². The van der Waals surface area contributed by atoms with Gasteiger partial charge >= 0.3 is 5.97 Å². The van der Waals surface area contributed by atoms with Gasteiger partial charge in [0.05, 0.1) is 23.2 Å². The smallest absolute Gasteiger partial charge is 0.341 e. The number of hydrogen-bond acceptors (Lipinski definition) is 6. The SMILES string of the molecule is CCOC(=O)c1c(N)sc2c1CCCN(CC1CCCCO1)C2=O. The van der Waals surface area contributed by atoms with Crippen molar-refractivity contribution in [1.29, 1.82) is 0 Å². The molecule has 0 saturated carbocycles. The number of ether oxygens (including phenoxy) is 2. The fourth-order valence-electron chi connectivity index (χ4n) is 3.39. The fraction of sp³-hybridized carbons (Fsp3) is 0.647. The van der Waals surface area contributed by atoms with Gasteiger partial charge in [-0.1, -0.05) is 0 Å². The minimum Gasteiger partial charge on any atom is -0.462 e. The van der Waals surface area contributed by atoms with Crippen molar-refractivity contribution in [2.24, 2.45) is 0 Å². The summed E-state index contributed by atoms with van der Waals surface area (Å²) in [6, 6.07) is 0. The van der Waals surface area contributed by atoms with Crippen molar-refractivity contribution in [3.8, 4) is 0 Å². The van der Waals surface area contributed by atoms with E-state index < -0.39 is 5.97 Å². The third-order valence-electron chi connectivity index (χ3n) is 4.55. The number of hydrogen-bond donors (Lipinski definition) is 1. The first-order chi connectivity index (χ1) is 11.6. The van der Waals surface area contributed by atoms with E-state index in [1.807, 2.05) is 4.90 Å². The van der Waals surface area contributed by atoms with Crippen LogP contribution in [0.15, 0.2) is 0 Å². The molecule has 2 aliphatic heterocycles. The highest BCUT2D eigenvalue weighted by Crippen LogP contribution is 2.35. The van der Waals surface area contributed by atoms with Gasteiger partial charge in [0.15, 0.2) is 0 Å². The minimum atomic E-state index is -0.427. The van der Waals surface area contributed by atoms with Gasteiger partial charge in [-0.25, -0.2) is 4.79 Å². The summed E-state index contributed by atoms with van der Waals surface area (Å²) >= 11 is 1.20. The zero-order chi connectivity index (χ0) is 17.1. The highest BCUT2D eigenvalue weighted by molar-refractivity contribution is 7.18.